The van der Waals surface area contributed by atoms with E-state index >= 15 is 0 Å². The summed E-state index contributed by atoms with van der Waals surface area (Å²) in [4.78, 5) is 0. The van der Waals surface area contributed by atoms with Crippen molar-refractivity contribution in [1.29, 1.82) is 0 Å². The monoisotopic (exact) mass is 267 g/mol. The normalized spacial score (nSPS) is 28.5. The van der Waals surface area contributed by atoms with Gasteiger partial charge in [0.15, 0.2) is 0 Å². The highest BCUT2D eigenvalue weighted by Gasteiger charge is 2.31. The van der Waals surface area contributed by atoms with Crippen molar-refractivity contribution >= 4 is 11.8 Å². The van der Waals surface area contributed by atoms with E-state index in [1.54, 1.807) is 0 Å². The first kappa shape index (κ1) is 12.4. The lowest BCUT2D eigenvalue weighted by molar-refractivity contribution is 0.389. The summed E-state index contributed by atoms with van der Waals surface area (Å²) in [6.07, 6.45) is 7.73. The number of aromatic nitrogens is 4. The van der Waals surface area contributed by atoms with Gasteiger partial charge in [-0.15, -0.1) is 5.10 Å². The fourth-order valence-electron chi connectivity index (χ4n) is 2.68. The molecule has 1 aromatic rings. The van der Waals surface area contributed by atoms with Gasteiger partial charge in [0, 0.05) is 11.3 Å². The van der Waals surface area contributed by atoms with Crippen molar-refractivity contribution in [3.05, 3.63) is 0 Å². The van der Waals surface area contributed by atoms with Crippen molar-refractivity contribution in [2.24, 2.45) is 0 Å². The lowest BCUT2D eigenvalue weighted by atomic mass is 9.95. The second kappa shape index (κ2) is 5.57. The second-order valence-electron chi connectivity index (χ2n) is 5.24. The number of nitrogens with one attached hydrogen (secondary N) is 1. The van der Waals surface area contributed by atoms with Gasteiger partial charge in [0.25, 0.3) is 0 Å². The van der Waals surface area contributed by atoms with Crippen LogP contribution in [0, 0.1) is 0 Å². The molecule has 100 valence electrons. The smallest absolute Gasteiger partial charge is 0.209 e. The summed E-state index contributed by atoms with van der Waals surface area (Å²) in [5, 5.41) is 17.4. The van der Waals surface area contributed by atoms with Crippen molar-refractivity contribution in [3.63, 3.8) is 0 Å². The van der Waals surface area contributed by atoms with Gasteiger partial charge in [-0.25, -0.2) is 4.68 Å². The zero-order valence-corrected chi connectivity index (χ0v) is 11.7. The summed E-state index contributed by atoms with van der Waals surface area (Å²) in [5.41, 5.74) is 0. The molecular weight excluding hydrogens is 246 g/mol. The molecule has 0 aromatic carbocycles. The largest absolute Gasteiger partial charge is 0.313 e. The standard InChI is InChI=1S/C12H21N5S/c1-2-13-10-5-3-4-6-11(10)18-12-14-15-16-17(12)9-7-8-9/h9-11,13H,2-8H2,1H3. The number of tetrazole rings is 1. The molecule has 6 heteroatoms. The minimum absolute atomic E-state index is 0.573. The van der Waals surface area contributed by atoms with Crippen LogP contribution in [0.1, 0.15) is 51.5 Å². The Morgan fingerprint density at radius 3 is 2.89 bits per heavy atom. The fraction of sp³-hybridized carbons (Fsp3) is 0.917. The molecule has 0 bridgehead atoms. The van der Waals surface area contributed by atoms with Crippen LogP contribution in [0.3, 0.4) is 0 Å². The predicted octanol–water partition coefficient (Wildman–Crippen LogP) is 2.02. The van der Waals surface area contributed by atoms with Crippen molar-refractivity contribution in [2.75, 3.05) is 6.54 Å². The summed E-state index contributed by atoms with van der Waals surface area (Å²) in [6, 6.07) is 1.20. The summed E-state index contributed by atoms with van der Waals surface area (Å²) < 4.78 is 2.03. The molecule has 18 heavy (non-hydrogen) atoms. The van der Waals surface area contributed by atoms with E-state index in [0.717, 1.165) is 11.7 Å². The van der Waals surface area contributed by atoms with Crippen LogP contribution in [0.2, 0.25) is 0 Å². The molecule has 0 saturated heterocycles. The third kappa shape index (κ3) is 2.69. The summed E-state index contributed by atoms with van der Waals surface area (Å²) >= 11 is 1.88. The first-order valence-electron chi connectivity index (χ1n) is 7.06. The van der Waals surface area contributed by atoms with E-state index in [-0.39, 0.29) is 0 Å². The molecule has 0 aliphatic heterocycles. The molecule has 1 heterocycles. The Balaban J connectivity index is 1.67. The Labute approximate surface area is 112 Å². The third-order valence-electron chi connectivity index (χ3n) is 3.78. The van der Waals surface area contributed by atoms with E-state index in [0.29, 0.717) is 17.3 Å². The van der Waals surface area contributed by atoms with Crippen molar-refractivity contribution in [3.8, 4) is 0 Å². The van der Waals surface area contributed by atoms with Crippen LogP contribution in [0.15, 0.2) is 5.16 Å². The van der Waals surface area contributed by atoms with Crippen molar-refractivity contribution in [1.82, 2.24) is 25.5 Å². The van der Waals surface area contributed by atoms with Crippen molar-refractivity contribution < 1.29 is 0 Å². The molecule has 2 unspecified atom stereocenters. The summed E-state index contributed by atoms with van der Waals surface area (Å²) in [7, 11) is 0. The van der Waals surface area contributed by atoms with Crippen LogP contribution in [-0.4, -0.2) is 38.0 Å². The van der Waals surface area contributed by atoms with E-state index in [1.165, 1.54) is 38.5 Å². The van der Waals surface area contributed by atoms with E-state index in [2.05, 4.69) is 27.8 Å². The predicted molar refractivity (Wildman–Crippen MR) is 71.7 cm³/mol. The summed E-state index contributed by atoms with van der Waals surface area (Å²) in [6.45, 7) is 3.24. The first-order chi connectivity index (χ1) is 8.88. The Morgan fingerprint density at radius 2 is 2.11 bits per heavy atom. The molecule has 0 amide bonds. The topological polar surface area (TPSA) is 55.6 Å². The average Bonchev–Trinajstić information content (AvgIpc) is 3.13. The van der Waals surface area contributed by atoms with Gasteiger partial charge in [-0.2, -0.15) is 0 Å². The van der Waals surface area contributed by atoms with Gasteiger partial charge in [0.05, 0.1) is 6.04 Å². The molecule has 0 radical (unpaired) electrons. The van der Waals surface area contributed by atoms with E-state index in [4.69, 9.17) is 0 Å². The van der Waals surface area contributed by atoms with Crippen LogP contribution in [0.25, 0.3) is 0 Å². The Bertz CT molecular complexity index is 388. The average molecular weight is 267 g/mol. The minimum Gasteiger partial charge on any atom is -0.313 e. The summed E-state index contributed by atoms with van der Waals surface area (Å²) in [5.74, 6) is 0. The maximum absolute atomic E-state index is 4.20. The highest BCUT2D eigenvalue weighted by molar-refractivity contribution is 7.99. The molecule has 2 aliphatic rings. The fourth-order valence-corrected chi connectivity index (χ4v) is 4.01. The van der Waals surface area contributed by atoms with Gasteiger partial charge in [-0.3, -0.25) is 0 Å². The minimum atomic E-state index is 0.573. The van der Waals surface area contributed by atoms with Crippen LogP contribution >= 0.6 is 11.8 Å². The maximum atomic E-state index is 4.20. The lowest BCUT2D eigenvalue weighted by Crippen LogP contribution is -2.40. The molecule has 2 saturated carbocycles. The molecule has 1 aromatic heterocycles. The van der Waals surface area contributed by atoms with Gasteiger partial charge in [-0.05, 0) is 42.7 Å². The van der Waals surface area contributed by atoms with Gasteiger partial charge in [0.2, 0.25) is 5.16 Å². The number of rotatable bonds is 5. The van der Waals surface area contributed by atoms with Gasteiger partial charge in [-0.1, -0.05) is 31.5 Å². The zero-order valence-electron chi connectivity index (χ0n) is 10.9. The van der Waals surface area contributed by atoms with Crippen LogP contribution in [-0.2, 0) is 0 Å². The number of nitrogens with zero attached hydrogens (tertiary/aromatic N) is 4. The zero-order chi connectivity index (χ0) is 12.4. The molecule has 2 aliphatic carbocycles. The lowest BCUT2D eigenvalue weighted by Gasteiger charge is -2.31. The molecule has 5 nitrogen and oxygen atoms in total. The van der Waals surface area contributed by atoms with E-state index < -0.39 is 0 Å². The Hall–Kier alpha value is -0.620. The number of thioether (sulfide) groups is 1. The van der Waals surface area contributed by atoms with Crippen molar-refractivity contribution in [2.45, 2.75) is 67.9 Å². The number of hydrogen-bond donors (Lipinski definition) is 1. The number of hydrogen-bond acceptors (Lipinski definition) is 5. The molecule has 2 fully saturated rings. The molecule has 0 spiro atoms. The van der Waals surface area contributed by atoms with Gasteiger partial charge >= 0.3 is 0 Å². The van der Waals surface area contributed by atoms with Crippen LogP contribution < -0.4 is 5.32 Å². The SMILES string of the molecule is CCNC1CCCCC1Sc1nnnn1C1CC1. The quantitative estimate of drug-likeness (QED) is 0.884. The molecule has 2 atom stereocenters. The molecular formula is C12H21N5S. The van der Waals surface area contributed by atoms with Gasteiger partial charge in [0.1, 0.15) is 0 Å². The highest BCUT2D eigenvalue weighted by Crippen LogP contribution is 2.39. The molecule has 3 rings (SSSR count). The third-order valence-corrected chi connectivity index (χ3v) is 5.13. The Morgan fingerprint density at radius 1 is 1.28 bits per heavy atom. The first-order valence-corrected chi connectivity index (χ1v) is 7.94. The van der Waals surface area contributed by atoms with E-state index in [1.807, 2.05) is 16.4 Å². The van der Waals surface area contributed by atoms with E-state index in [9.17, 15) is 0 Å². The molecule has 1 N–H and O–H groups in total. The Kier molecular flexibility index (Phi) is 3.84. The highest BCUT2D eigenvalue weighted by atomic mass is 32.2. The van der Waals surface area contributed by atoms with Gasteiger partial charge < -0.3 is 5.32 Å². The van der Waals surface area contributed by atoms with Crippen LogP contribution in [0.4, 0.5) is 0 Å². The second-order valence-corrected chi connectivity index (χ2v) is 6.45. The maximum Gasteiger partial charge on any atom is 0.209 e. The van der Waals surface area contributed by atoms with Crippen LogP contribution in [0.5, 0.6) is 0 Å².